The molecule has 0 aliphatic carbocycles. The highest BCUT2D eigenvalue weighted by molar-refractivity contribution is 6.10. The van der Waals surface area contributed by atoms with Crippen LogP contribution in [0.5, 0.6) is 0 Å². The SMILES string of the molecule is c1ccc(-c2ccc(N(c3ccc(-c4ccccc4)cc3)c3ccc(-c4ccc5c(c4)N(c4ccccc4)c4ccccc4N5c4ccc(-c5ccc6c(c5)c5ccccc5n6-c5ccccc5)cc4)cc3)cc2)cc1. The summed E-state index contributed by atoms with van der Waals surface area (Å²) in [7, 11) is 0. The van der Waals surface area contributed by atoms with Gasteiger partial charge in [-0.2, -0.15) is 0 Å². The Hall–Kier alpha value is -10.2. The molecule has 0 unspecified atom stereocenters. The predicted octanol–water partition coefficient (Wildman–Crippen LogP) is 20.2. The van der Waals surface area contributed by atoms with Crippen molar-refractivity contribution in [3.05, 3.63) is 303 Å². The summed E-state index contributed by atoms with van der Waals surface area (Å²) in [5, 5.41) is 2.49. The number of nitrogens with zero attached hydrogens (tertiary/aromatic N) is 4. The molecule has 1 aliphatic rings. The van der Waals surface area contributed by atoms with E-state index in [1.165, 1.54) is 55.2 Å². The van der Waals surface area contributed by atoms with E-state index in [1.807, 2.05) is 0 Å². The summed E-state index contributed by atoms with van der Waals surface area (Å²) in [6, 6.07) is 110. The van der Waals surface area contributed by atoms with Crippen molar-refractivity contribution < 1.29 is 0 Å². The summed E-state index contributed by atoms with van der Waals surface area (Å²) in [5.74, 6) is 0. The number of rotatable bonds is 10. The third-order valence-corrected chi connectivity index (χ3v) is 14.9. The summed E-state index contributed by atoms with van der Waals surface area (Å²) in [4.78, 5) is 7.18. The van der Waals surface area contributed by atoms with E-state index in [9.17, 15) is 0 Å². The maximum Gasteiger partial charge on any atom is 0.0709 e. The molecule has 2 heterocycles. The Morgan fingerprint density at radius 2 is 0.566 bits per heavy atom. The zero-order valence-electron chi connectivity index (χ0n) is 41.7. The lowest BCUT2D eigenvalue weighted by molar-refractivity contribution is 1.17. The Balaban J connectivity index is 0.829. The summed E-state index contributed by atoms with van der Waals surface area (Å²) < 4.78 is 2.37. The molecule has 0 atom stereocenters. The Labute approximate surface area is 443 Å². The van der Waals surface area contributed by atoms with Crippen LogP contribution >= 0.6 is 0 Å². The Morgan fingerprint density at radius 3 is 1.12 bits per heavy atom. The number of fused-ring (bicyclic) bond motifs is 5. The second-order valence-electron chi connectivity index (χ2n) is 19.4. The molecule has 358 valence electrons. The normalized spacial score (nSPS) is 11.9. The number of hydrogen-bond donors (Lipinski definition) is 0. The fraction of sp³-hybridized carbons (Fsp3) is 0. The molecule has 4 heteroatoms. The van der Waals surface area contributed by atoms with Crippen molar-refractivity contribution in [2.45, 2.75) is 0 Å². The largest absolute Gasteiger partial charge is 0.311 e. The van der Waals surface area contributed by atoms with Gasteiger partial charge in [-0.15, -0.1) is 0 Å². The summed E-state index contributed by atoms with van der Waals surface area (Å²) >= 11 is 0. The molecule has 0 amide bonds. The van der Waals surface area contributed by atoms with Gasteiger partial charge in [-0.05, 0) is 160 Å². The monoisotopic (exact) mass is 970 g/mol. The number of para-hydroxylation sites is 5. The van der Waals surface area contributed by atoms with Crippen molar-refractivity contribution >= 4 is 73.0 Å². The molecule has 0 saturated heterocycles. The molecule has 0 N–H and O–H groups in total. The smallest absolute Gasteiger partial charge is 0.0709 e. The standard InChI is InChI=1S/C72H50N4/c1-5-17-51(18-6-1)53-29-39-61(40-30-53)73(62-41-31-54(32-42-62)52-19-7-2-8-20-52)63-43-33-56(34-44-63)58-38-48-71-72(50-58)76(60-23-11-4-12-24-60)70-28-16-15-27-69(70)75(71)64-45-35-55(36-46-64)57-37-47-68-66(49-57)65-25-13-14-26-67(65)74(68)59-21-9-3-10-22-59/h1-50H. The van der Waals surface area contributed by atoms with Crippen LogP contribution in [0.3, 0.4) is 0 Å². The van der Waals surface area contributed by atoms with Crippen molar-refractivity contribution in [2.24, 2.45) is 0 Å². The van der Waals surface area contributed by atoms with Crippen molar-refractivity contribution in [3.63, 3.8) is 0 Å². The van der Waals surface area contributed by atoms with E-state index in [4.69, 9.17) is 0 Å². The Morgan fingerprint density at radius 1 is 0.211 bits per heavy atom. The van der Waals surface area contributed by atoms with Gasteiger partial charge in [-0.1, -0.05) is 188 Å². The van der Waals surface area contributed by atoms with Gasteiger partial charge in [0.1, 0.15) is 0 Å². The number of benzene rings is 12. The topological polar surface area (TPSA) is 14.7 Å². The Kier molecular flexibility index (Phi) is 11.2. The molecule has 0 saturated carbocycles. The fourth-order valence-corrected chi connectivity index (χ4v) is 11.2. The average molecular weight is 971 g/mol. The molecule has 12 aromatic carbocycles. The highest BCUT2D eigenvalue weighted by atomic mass is 15.3. The van der Waals surface area contributed by atoms with E-state index in [1.54, 1.807) is 0 Å². The molecule has 1 aromatic heterocycles. The minimum absolute atomic E-state index is 1.08. The van der Waals surface area contributed by atoms with Gasteiger partial charge in [-0.25, -0.2) is 0 Å². The molecular weight excluding hydrogens is 921 g/mol. The first kappa shape index (κ1) is 44.5. The summed E-state index contributed by atoms with van der Waals surface area (Å²) in [6.07, 6.45) is 0. The molecule has 0 radical (unpaired) electrons. The summed E-state index contributed by atoms with van der Waals surface area (Å²) in [5.41, 5.74) is 22.9. The van der Waals surface area contributed by atoms with Crippen LogP contribution in [0.1, 0.15) is 0 Å². The van der Waals surface area contributed by atoms with Crippen LogP contribution in [0.25, 0.3) is 72.0 Å². The molecule has 1 aliphatic heterocycles. The van der Waals surface area contributed by atoms with Gasteiger partial charge >= 0.3 is 0 Å². The minimum Gasteiger partial charge on any atom is -0.311 e. The molecule has 14 rings (SSSR count). The summed E-state index contributed by atoms with van der Waals surface area (Å²) in [6.45, 7) is 0. The zero-order chi connectivity index (χ0) is 50.4. The third-order valence-electron chi connectivity index (χ3n) is 14.9. The van der Waals surface area contributed by atoms with Crippen LogP contribution in [0, 0.1) is 0 Å². The molecule has 13 aromatic rings. The van der Waals surface area contributed by atoms with E-state index in [0.29, 0.717) is 0 Å². The molecule has 4 nitrogen and oxygen atoms in total. The van der Waals surface area contributed by atoms with E-state index in [2.05, 4.69) is 323 Å². The molecule has 76 heavy (non-hydrogen) atoms. The lowest BCUT2D eigenvalue weighted by Gasteiger charge is -2.40. The number of hydrogen-bond acceptors (Lipinski definition) is 3. The highest BCUT2D eigenvalue weighted by Crippen LogP contribution is 2.55. The number of anilines is 9. The Bertz CT molecular complexity index is 4090. The first-order chi connectivity index (χ1) is 37.7. The lowest BCUT2D eigenvalue weighted by Crippen LogP contribution is -2.24. The van der Waals surface area contributed by atoms with Gasteiger partial charge in [0, 0.05) is 44.9 Å². The second-order valence-corrected chi connectivity index (χ2v) is 19.4. The van der Waals surface area contributed by atoms with Crippen molar-refractivity contribution in [3.8, 4) is 50.2 Å². The predicted molar refractivity (Wildman–Crippen MR) is 320 cm³/mol. The number of aromatic nitrogens is 1. The van der Waals surface area contributed by atoms with Gasteiger partial charge in [-0.3, -0.25) is 0 Å². The maximum absolute atomic E-state index is 2.42. The first-order valence-electron chi connectivity index (χ1n) is 26.0. The van der Waals surface area contributed by atoms with E-state index >= 15 is 0 Å². The van der Waals surface area contributed by atoms with E-state index in [0.717, 1.165) is 68.0 Å². The lowest BCUT2D eigenvalue weighted by atomic mass is 9.98. The van der Waals surface area contributed by atoms with E-state index < -0.39 is 0 Å². The van der Waals surface area contributed by atoms with Crippen LogP contribution in [-0.2, 0) is 0 Å². The fourth-order valence-electron chi connectivity index (χ4n) is 11.2. The van der Waals surface area contributed by atoms with Crippen LogP contribution in [0.4, 0.5) is 51.2 Å². The van der Waals surface area contributed by atoms with Crippen LogP contribution < -0.4 is 14.7 Å². The molecule has 0 spiro atoms. The van der Waals surface area contributed by atoms with Crippen molar-refractivity contribution in [2.75, 3.05) is 14.7 Å². The maximum atomic E-state index is 2.42. The third kappa shape index (κ3) is 7.97. The van der Waals surface area contributed by atoms with Crippen molar-refractivity contribution in [1.82, 2.24) is 4.57 Å². The minimum atomic E-state index is 1.08. The van der Waals surface area contributed by atoms with Crippen LogP contribution in [0.2, 0.25) is 0 Å². The van der Waals surface area contributed by atoms with Gasteiger partial charge in [0.05, 0.1) is 33.8 Å². The average Bonchev–Trinajstić information content (AvgIpc) is 3.92. The van der Waals surface area contributed by atoms with Crippen LogP contribution in [0.15, 0.2) is 303 Å². The van der Waals surface area contributed by atoms with Gasteiger partial charge < -0.3 is 19.3 Å². The second kappa shape index (κ2) is 19.0. The van der Waals surface area contributed by atoms with Crippen molar-refractivity contribution in [1.29, 1.82) is 0 Å². The molecule has 0 bridgehead atoms. The van der Waals surface area contributed by atoms with Gasteiger partial charge in [0.25, 0.3) is 0 Å². The van der Waals surface area contributed by atoms with Crippen LogP contribution in [-0.4, -0.2) is 4.57 Å². The van der Waals surface area contributed by atoms with Gasteiger partial charge in [0.15, 0.2) is 0 Å². The molecule has 0 fully saturated rings. The van der Waals surface area contributed by atoms with E-state index in [-0.39, 0.29) is 0 Å². The molecular formula is C72H50N4. The highest BCUT2D eigenvalue weighted by Gasteiger charge is 2.31. The first-order valence-corrected chi connectivity index (χ1v) is 26.0. The quantitative estimate of drug-likeness (QED) is 0.136. The van der Waals surface area contributed by atoms with Gasteiger partial charge in [0.2, 0.25) is 0 Å². The zero-order valence-corrected chi connectivity index (χ0v) is 41.7.